The van der Waals surface area contributed by atoms with Crippen molar-refractivity contribution >= 4 is 46.4 Å². The second-order valence-corrected chi connectivity index (χ2v) is 4.07. The SMILES string of the molecule is Clc1ccc[c-]1Cl.Clc1ccc[c-]1Cl.[Fe+2]. The van der Waals surface area contributed by atoms with Gasteiger partial charge >= 0.3 is 17.1 Å². The summed E-state index contributed by atoms with van der Waals surface area (Å²) in [5.41, 5.74) is 0. The van der Waals surface area contributed by atoms with E-state index in [1.54, 1.807) is 24.3 Å². The van der Waals surface area contributed by atoms with Crippen molar-refractivity contribution in [3.05, 3.63) is 56.5 Å². The van der Waals surface area contributed by atoms with Crippen molar-refractivity contribution in [3.8, 4) is 0 Å². The van der Waals surface area contributed by atoms with Crippen LogP contribution >= 0.6 is 46.4 Å². The Kier molecular flexibility index (Phi) is 7.81. The van der Waals surface area contributed by atoms with E-state index < -0.39 is 0 Å². The molecule has 0 aromatic heterocycles. The van der Waals surface area contributed by atoms with Gasteiger partial charge in [0.25, 0.3) is 0 Å². The standard InChI is InChI=1S/2C5H3Cl2.Fe/c2*6-4-2-1-3-5(4)7;/h2*1-3H;/q2*-1;+2. The summed E-state index contributed by atoms with van der Waals surface area (Å²) in [7, 11) is 0. The van der Waals surface area contributed by atoms with Crippen molar-refractivity contribution in [1.29, 1.82) is 0 Å². The summed E-state index contributed by atoms with van der Waals surface area (Å²) in [6.45, 7) is 0. The molecule has 0 atom stereocenters. The van der Waals surface area contributed by atoms with Crippen molar-refractivity contribution in [1.82, 2.24) is 0 Å². The third-order valence-electron chi connectivity index (χ3n) is 1.43. The summed E-state index contributed by atoms with van der Waals surface area (Å²) >= 11 is 22.0. The second kappa shape index (κ2) is 7.62. The van der Waals surface area contributed by atoms with E-state index in [-0.39, 0.29) is 17.1 Å². The number of hydrogen-bond donors (Lipinski definition) is 0. The quantitative estimate of drug-likeness (QED) is 0.448. The molecule has 0 radical (unpaired) electrons. The predicted octanol–water partition coefficient (Wildman–Crippen LogP) is 5.42. The molecule has 0 saturated carbocycles. The fourth-order valence-electron chi connectivity index (χ4n) is 0.753. The fourth-order valence-corrected chi connectivity index (χ4v) is 1.30. The smallest absolute Gasteiger partial charge is 0.211 e. The van der Waals surface area contributed by atoms with Gasteiger partial charge in [0.05, 0.1) is 0 Å². The average Bonchev–Trinajstić information content (AvgIpc) is 2.67. The van der Waals surface area contributed by atoms with Crippen LogP contribution in [0.2, 0.25) is 20.1 Å². The molecule has 0 aliphatic heterocycles. The maximum atomic E-state index is 5.49. The second-order valence-electron chi connectivity index (χ2n) is 2.44. The van der Waals surface area contributed by atoms with Gasteiger partial charge in [-0.25, -0.2) is 12.1 Å². The third kappa shape index (κ3) is 5.31. The topological polar surface area (TPSA) is 0 Å². The number of halogens is 4. The summed E-state index contributed by atoms with van der Waals surface area (Å²) in [6, 6.07) is 10.6. The maximum absolute atomic E-state index is 5.49. The van der Waals surface area contributed by atoms with Gasteiger partial charge in [-0.1, -0.05) is 20.1 Å². The minimum atomic E-state index is 0. The Morgan fingerprint density at radius 2 is 1.13 bits per heavy atom. The van der Waals surface area contributed by atoms with E-state index in [9.17, 15) is 0 Å². The van der Waals surface area contributed by atoms with E-state index in [1.165, 1.54) is 0 Å². The van der Waals surface area contributed by atoms with Crippen LogP contribution in [0.25, 0.3) is 0 Å². The molecule has 0 nitrogen and oxygen atoms in total. The van der Waals surface area contributed by atoms with Gasteiger partial charge in [-0.15, -0.1) is 23.2 Å². The molecule has 0 aliphatic carbocycles. The van der Waals surface area contributed by atoms with Crippen molar-refractivity contribution in [2.45, 2.75) is 0 Å². The zero-order chi connectivity index (χ0) is 10.6. The van der Waals surface area contributed by atoms with Crippen LogP contribution in [0.5, 0.6) is 0 Å². The van der Waals surface area contributed by atoms with Crippen LogP contribution in [-0.4, -0.2) is 0 Å². The van der Waals surface area contributed by atoms with Crippen molar-refractivity contribution in [3.63, 3.8) is 0 Å². The van der Waals surface area contributed by atoms with Crippen LogP contribution in [0.1, 0.15) is 0 Å². The molecule has 82 valence electrons. The first-order valence-electron chi connectivity index (χ1n) is 3.74. The maximum Gasteiger partial charge on any atom is 2.00 e. The van der Waals surface area contributed by atoms with Crippen molar-refractivity contribution < 1.29 is 17.1 Å². The Morgan fingerprint density at radius 1 is 0.800 bits per heavy atom. The minimum absolute atomic E-state index is 0. The molecule has 2 rings (SSSR count). The molecule has 15 heavy (non-hydrogen) atoms. The summed E-state index contributed by atoms with van der Waals surface area (Å²) in [6.07, 6.45) is 0. The Hall–Kier alpha value is 0.379. The molecule has 0 bridgehead atoms. The molecular formula is C10H6Cl4Fe. The van der Waals surface area contributed by atoms with Gasteiger partial charge in [0.15, 0.2) is 0 Å². The molecule has 0 saturated heterocycles. The predicted molar refractivity (Wildman–Crippen MR) is 64.1 cm³/mol. The first-order chi connectivity index (χ1) is 6.61. The zero-order valence-electron chi connectivity index (χ0n) is 7.33. The molecule has 2 aromatic carbocycles. The van der Waals surface area contributed by atoms with E-state index in [4.69, 9.17) is 46.4 Å². The van der Waals surface area contributed by atoms with Gasteiger partial charge < -0.3 is 0 Å². The first-order valence-corrected chi connectivity index (χ1v) is 5.26. The van der Waals surface area contributed by atoms with Crippen LogP contribution in [0, 0.1) is 0 Å². The minimum Gasteiger partial charge on any atom is -0.211 e. The van der Waals surface area contributed by atoms with Gasteiger partial charge in [-0.3, -0.25) is 0 Å². The molecule has 2 aromatic rings. The number of hydrogen-bond acceptors (Lipinski definition) is 0. The first kappa shape index (κ1) is 15.4. The van der Waals surface area contributed by atoms with Gasteiger partial charge in [0.1, 0.15) is 0 Å². The van der Waals surface area contributed by atoms with Crippen LogP contribution in [0.3, 0.4) is 0 Å². The van der Waals surface area contributed by atoms with Crippen molar-refractivity contribution in [2.24, 2.45) is 0 Å². The van der Waals surface area contributed by atoms with Gasteiger partial charge in [-0.05, 0) is 0 Å². The largest absolute Gasteiger partial charge is 2.00 e. The Morgan fingerprint density at radius 3 is 1.20 bits per heavy atom. The number of rotatable bonds is 0. The molecule has 0 heterocycles. The Bertz CT molecular complexity index is 320. The molecule has 0 N–H and O–H groups in total. The summed E-state index contributed by atoms with van der Waals surface area (Å²) in [4.78, 5) is 0. The van der Waals surface area contributed by atoms with Gasteiger partial charge in [0, 0.05) is 0 Å². The van der Waals surface area contributed by atoms with E-state index in [2.05, 4.69) is 0 Å². The fraction of sp³-hybridized carbons (Fsp3) is 0. The molecule has 0 aliphatic rings. The van der Waals surface area contributed by atoms with Crippen LogP contribution in [0.15, 0.2) is 36.4 Å². The Labute approximate surface area is 119 Å². The molecule has 0 amide bonds. The van der Waals surface area contributed by atoms with E-state index in [0.717, 1.165) is 0 Å². The zero-order valence-corrected chi connectivity index (χ0v) is 11.5. The molecular weight excluding hydrogens is 318 g/mol. The Balaban J connectivity index is 0.000000245. The summed E-state index contributed by atoms with van der Waals surface area (Å²) < 4.78 is 0. The normalized spacial score (nSPS) is 8.80. The summed E-state index contributed by atoms with van der Waals surface area (Å²) in [5.74, 6) is 0. The molecule has 5 heteroatoms. The van der Waals surface area contributed by atoms with Gasteiger partial charge in [-0.2, -0.15) is 47.5 Å². The third-order valence-corrected chi connectivity index (χ3v) is 2.94. The molecule has 0 spiro atoms. The average molecular weight is 324 g/mol. The van der Waals surface area contributed by atoms with E-state index >= 15 is 0 Å². The summed E-state index contributed by atoms with van der Waals surface area (Å²) in [5, 5.41) is 2.51. The van der Waals surface area contributed by atoms with Crippen LogP contribution < -0.4 is 0 Å². The van der Waals surface area contributed by atoms with Gasteiger partial charge in [0.2, 0.25) is 0 Å². The monoisotopic (exact) mass is 322 g/mol. The van der Waals surface area contributed by atoms with Crippen LogP contribution in [-0.2, 0) is 17.1 Å². The molecule has 0 unspecified atom stereocenters. The van der Waals surface area contributed by atoms with E-state index in [1.807, 2.05) is 12.1 Å². The van der Waals surface area contributed by atoms with E-state index in [0.29, 0.717) is 20.1 Å². The van der Waals surface area contributed by atoms with Crippen LogP contribution in [0.4, 0.5) is 0 Å². The molecule has 0 fully saturated rings. The van der Waals surface area contributed by atoms with Crippen molar-refractivity contribution in [2.75, 3.05) is 0 Å².